The van der Waals surface area contributed by atoms with E-state index in [-0.39, 0.29) is 24.0 Å². The Labute approximate surface area is 147 Å². The molecule has 2 aromatic carbocycles. The zero-order valence-corrected chi connectivity index (χ0v) is 15.0. The van der Waals surface area contributed by atoms with Crippen LogP contribution in [-0.4, -0.2) is 33.8 Å². The molecule has 0 aromatic heterocycles. The van der Waals surface area contributed by atoms with Gasteiger partial charge in [0.25, 0.3) is 0 Å². The number of nitrogens with one attached hydrogen (secondary N) is 1. The molecule has 3 atom stereocenters. The Hall–Kier alpha value is -2.18. The van der Waals surface area contributed by atoms with Crippen molar-refractivity contribution in [3.63, 3.8) is 0 Å². The van der Waals surface area contributed by atoms with Gasteiger partial charge in [0.1, 0.15) is 6.04 Å². The Kier molecular flexibility index (Phi) is 4.92. The molecule has 0 amide bonds. The number of methoxy groups -OCH3 is 1. The van der Waals surface area contributed by atoms with Crippen LogP contribution in [-0.2, 0) is 19.4 Å². The maximum atomic E-state index is 12.0. The van der Waals surface area contributed by atoms with E-state index in [0.717, 1.165) is 11.1 Å². The molecule has 1 aliphatic heterocycles. The average molecular weight is 359 g/mol. The molecule has 132 valence electrons. The van der Waals surface area contributed by atoms with Crippen molar-refractivity contribution in [2.24, 2.45) is 0 Å². The Morgan fingerprint density at radius 1 is 1.04 bits per heavy atom. The summed E-state index contributed by atoms with van der Waals surface area (Å²) in [6, 6.07) is 16.4. The third-order valence-electron chi connectivity index (χ3n) is 4.65. The highest BCUT2D eigenvalue weighted by molar-refractivity contribution is 7.90. The maximum Gasteiger partial charge on any atom is 0.322 e. The predicted octanol–water partition coefficient (Wildman–Crippen LogP) is 2.45. The number of sulfone groups is 1. The molecule has 0 spiro atoms. The van der Waals surface area contributed by atoms with Gasteiger partial charge in [0.15, 0.2) is 9.84 Å². The smallest absolute Gasteiger partial charge is 0.322 e. The van der Waals surface area contributed by atoms with Crippen LogP contribution in [0.4, 0.5) is 0 Å². The molecule has 1 saturated heterocycles. The molecular weight excluding hydrogens is 338 g/mol. The van der Waals surface area contributed by atoms with Gasteiger partial charge in [0.2, 0.25) is 0 Å². The van der Waals surface area contributed by atoms with Gasteiger partial charge in [0, 0.05) is 18.2 Å². The third kappa shape index (κ3) is 3.75. The number of hydrogen-bond acceptors (Lipinski definition) is 5. The van der Waals surface area contributed by atoms with E-state index in [2.05, 4.69) is 5.32 Å². The van der Waals surface area contributed by atoms with Gasteiger partial charge in [-0.3, -0.25) is 10.1 Å². The van der Waals surface area contributed by atoms with Crippen LogP contribution in [0.25, 0.3) is 0 Å². The largest absolute Gasteiger partial charge is 0.468 e. The Morgan fingerprint density at radius 3 is 2.24 bits per heavy atom. The first-order valence-electron chi connectivity index (χ1n) is 8.09. The zero-order valence-electron chi connectivity index (χ0n) is 14.2. The summed E-state index contributed by atoms with van der Waals surface area (Å²) in [5, 5.41) is 3.36. The van der Waals surface area contributed by atoms with Crippen LogP contribution in [0, 0.1) is 0 Å². The van der Waals surface area contributed by atoms with E-state index in [0.29, 0.717) is 11.3 Å². The van der Waals surface area contributed by atoms with Gasteiger partial charge in [-0.25, -0.2) is 8.42 Å². The lowest BCUT2D eigenvalue weighted by molar-refractivity contribution is -0.142. The summed E-state index contributed by atoms with van der Waals surface area (Å²) in [4.78, 5) is 12.3. The van der Waals surface area contributed by atoms with Gasteiger partial charge < -0.3 is 4.74 Å². The molecule has 3 rings (SSSR count). The van der Waals surface area contributed by atoms with Crippen molar-refractivity contribution in [2.75, 3.05) is 13.4 Å². The van der Waals surface area contributed by atoms with Crippen LogP contribution in [0.5, 0.6) is 0 Å². The fourth-order valence-electron chi connectivity index (χ4n) is 3.38. The minimum atomic E-state index is -3.23. The van der Waals surface area contributed by atoms with E-state index in [9.17, 15) is 13.2 Å². The van der Waals surface area contributed by atoms with Crippen LogP contribution >= 0.6 is 0 Å². The normalized spacial score (nSPS) is 23.4. The van der Waals surface area contributed by atoms with Crippen molar-refractivity contribution < 1.29 is 17.9 Å². The zero-order chi connectivity index (χ0) is 18.0. The lowest BCUT2D eigenvalue weighted by atomic mass is 9.87. The summed E-state index contributed by atoms with van der Waals surface area (Å²) >= 11 is 0. The lowest BCUT2D eigenvalue weighted by Gasteiger charge is -2.20. The summed E-state index contributed by atoms with van der Waals surface area (Å²) in [5.41, 5.74) is 2.09. The van der Waals surface area contributed by atoms with Gasteiger partial charge in [0.05, 0.1) is 12.0 Å². The van der Waals surface area contributed by atoms with Crippen LogP contribution in [0.15, 0.2) is 59.5 Å². The first-order valence-corrected chi connectivity index (χ1v) is 9.98. The van der Waals surface area contributed by atoms with Crippen LogP contribution in [0.1, 0.15) is 29.5 Å². The van der Waals surface area contributed by atoms with Gasteiger partial charge >= 0.3 is 5.97 Å². The molecule has 1 N–H and O–H groups in total. The van der Waals surface area contributed by atoms with Crippen molar-refractivity contribution in [3.05, 3.63) is 65.7 Å². The highest BCUT2D eigenvalue weighted by atomic mass is 32.2. The Morgan fingerprint density at radius 2 is 1.68 bits per heavy atom. The SMILES string of the molecule is COC(=O)[C@@H]1C[C@H](c2ccc(S(C)(=O)=O)cc2)[C@H](c2ccccc2)N1. The second-order valence-corrected chi connectivity index (χ2v) is 8.33. The average Bonchev–Trinajstić information content (AvgIpc) is 3.06. The minimum absolute atomic E-state index is 0.0330. The van der Waals surface area contributed by atoms with Crippen molar-refractivity contribution >= 4 is 15.8 Å². The molecule has 6 heteroatoms. The molecule has 25 heavy (non-hydrogen) atoms. The van der Waals surface area contributed by atoms with E-state index in [1.165, 1.54) is 13.4 Å². The summed E-state index contributed by atoms with van der Waals surface area (Å²) in [5.74, 6) is -0.226. The summed E-state index contributed by atoms with van der Waals surface area (Å²) in [7, 11) is -1.84. The molecule has 1 heterocycles. The highest BCUT2D eigenvalue weighted by Gasteiger charge is 2.39. The predicted molar refractivity (Wildman–Crippen MR) is 95.0 cm³/mol. The Balaban J connectivity index is 1.94. The number of esters is 1. The summed E-state index contributed by atoms with van der Waals surface area (Å²) in [6.07, 6.45) is 1.80. The first-order chi connectivity index (χ1) is 11.9. The monoisotopic (exact) mass is 359 g/mol. The van der Waals surface area contributed by atoms with E-state index < -0.39 is 9.84 Å². The van der Waals surface area contributed by atoms with E-state index in [1.807, 2.05) is 42.5 Å². The summed E-state index contributed by atoms with van der Waals surface area (Å²) < 4.78 is 28.2. The molecule has 0 radical (unpaired) electrons. The van der Waals surface area contributed by atoms with Crippen LogP contribution < -0.4 is 5.32 Å². The Bertz CT molecular complexity index is 847. The van der Waals surface area contributed by atoms with Crippen LogP contribution in [0.3, 0.4) is 0 Å². The van der Waals surface area contributed by atoms with Gasteiger partial charge in [-0.2, -0.15) is 0 Å². The van der Waals surface area contributed by atoms with Crippen molar-refractivity contribution in [3.8, 4) is 0 Å². The van der Waals surface area contributed by atoms with Gasteiger partial charge in [-0.15, -0.1) is 0 Å². The van der Waals surface area contributed by atoms with Crippen molar-refractivity contribution in [2.45, 2.75) is 29.3 Å². The van der Waals surface area contributed by atoms with Crippen LogP contribution in [0.2, 0.25) is 0 Å². The molecule has 1 fully saturated rings. The number of hydrogen-bond donors (Lipinski definition) is 1. The van der Waals surface area contributed by atoms with E-state index >= 15 is 0 Å². The van der Waals surface area contributed by atoms with E-state index in [1.54, 1.807) is 12.1 Å². The topological polar surface area (TPSA) is 72.5 Å². The van der Waals surface area contributed by atoms with E-state index in [4.69, 9.17) is 4.74 Å². The minimum Gasteiger partial charge on any atom is -0.468 e. The first kappa shape index (κ1) is 17.6. The van der Waals surface area contributed by atoms with Gasteiger partial charge in [-0.1, -0.05) is 42.5 Å². The molecule has 0 aliphatic carbocycles. The molecule has 2 aromatic rings. The standard InChI is InChI=1S/C19H21NO4S/c1-24-19(21)17-12-16(18(20-17)14-6-4-3-5-7-14)13-8-10-15(11-9-13)25(2,22)23/h3-11,16-18,20H,12H2,1-2H3/t16-,17+,18+/m1/s1. The van der Waals surface area contributed by atoms with Crippen molar-refractivity contribution in [1.29, 1.82) is 0 Å². The molecule has 0 saturated carbocycles. The number of carbonyl (C=O) groups is 1. The summed E-state index contributed by atoms with van der Waals surface area (Å²) in [6.45, 7) is 0. The third-order valence-corrected chi connectivity index (χ3v) is 5.78. The molecule has 1 aliphatic rings. The molecule has 0 bridgehead atoms. The lowest BCUT2D eigenvalue weighted by Crippen LogP contribution is -2.33. The second kappa shape index (κ2) is 6.98. The second-order valence-electron chi connectivity index (χ2n) is 6.31. The quantitative estimate of drug-likeness (QED) is 0.849. The van der Waals surface area contributed by atoms with Gasteiger partial charge in [-0.05, 0) is 29.7 Å². The van der Waals surface area contributed by atoms with Crippen molar-refractivity contribution in [1.82, 2.24) is 5.32 Å². The molecule has 0 unspecified atom stereocenters. The maximum absolute atomic E-state index is 12.0. The fraction of sp³-hybridized carbons (Fsp3) is 0.316. The number of ether oxygens (including phenoxy) is 1. The molecular formula is C19H21NO4S. The molecule has 5 nitrogen and oxygen atoms in total. The highest BCUT2D eigenvalue weighted by Crippen LogP contribution is 2.40. The fourth-order valence-corrected chi connectivity index (χ4v) is 4.01. The number of carbonyl (C=O) groups excluding carboxylic acids is 1. The number of benzene rings is 2. The number of rotatable bonds is 4.